The second kappa shape index (κ2) is 7.39. The summed E-state index contributed by atoms with van der Waals surface area (Å²) in [6, 6.07) is 5.98. The number of benzene rings is 1. The number of ether oxygens (including phenoxy) is 1. The van der Waals surface area contributed by atoms with Gasteiger partial charge in [0.15, 0.2) is 0 Å². The first-order valence-electron chi connectivity index (χ1n) is 6.88. The van der Waals surface area contributed by atoms with Crippen molar-refractivity contribution in [3.63, 3.8) is 0 Å². The number of hydrogen-bond donors (Lipinski definition) is 1. The Bertz CT molecular complexity index is 490. The lowest BCUT2D eigenvalue weighted by atomic mass is 10.1. The molecule has 0 aliphatic heterocycles. The molecule has 3 nitrogen and oxygen atoms in total. The fraction of sp³-hybridized carbons (Fsp3) is 0.438. The van der Waals surface area contributed by atoms with Crippen LogP contribution in [0.25, 0.3) is 6.08 Å². The van der Waals surface area contributed by atoms with Crippen molar-refractivity contribution in [2.45, 2.75) is 36.7 Å². The standard InChI is InChI=1S/C16H20O3S/c1-19-15-8-6-12(10-13(15)7-9-16(17)18)11-20-14-4-2-3-5-14/h6-10,14H,2-5,11H2,1H3,(H,17,18). The highest BCUT2D eigenvalue weighted by Crippen LogP contribution is 2.32. The van der Waals surface area contributed by atoms with E-state index in [1.807, 2.05) is 23.9 Å². The molecule has 1 N–H and O–H groups in total. The summed E-state index contributed by atoms with van der Waals surface area (Å²) in [6.45, 7) is 0. The van der Waals surface area contributed by atoms with E-state index in [9.17, 15) is 4.79 Å². The van der Waals surface area contributed by atoms with Gasteiger partial charge < -0.3 is 9.84 Å². The van der Waals surface area contributed by atoms with Gasteiger partial charge in [-0.3, -0.25) is 0 Å². The Morgan fingerprint density at radius 3 is 2.85 bits per heavy atom. The molecule has 0 aromatic heterocycles. The smallest absolute Gasteiger partial charge is 0.328 e. The van der Waals surface area contributed by atoms with Gasteiger partial charge in [-0.05, 0) is 36.6 Å². The van der Waals surface area contributed by atoms with Crippen LogP contribution < -0.4 is 4.74 Å². The average Bonchev–Trinajstić information content (AvgIpc) is 2.96. The van der Waals surface area contributed by atoms with Crippen LogP contribution in [-0.4, -0.2) is 23.4 Å². The van der Waals surface area contributed by atoms with Crippen molar-refractivity contribution in [3.8, 4) is 5.75 Å². The van der Waals surface area contributed by atoms with E-state index in [0.717, 1.165) is 22.6 Å². The van der Waals surface area contributed by atoms with Crippen LogP contribution in [0.2, 0.25) is 0 Å². The van der Waals surface area contributed by atoms with E-state index in [1.54, 1.807) is 13.2 Å². The van der Waals surface area contributed by atoms with Crippen molar-refractivity contribution in [2.24, 2.45) is 0 Å². The normalized spacial score (nSPS) is 15.8. The Kier molecular flexibility index (Phi) is 5.53. The SMILES string of the molecule is COc1ccc(CSC2CCCC2)cc1C=CC(=O)O. The molecule has 1 aliphatic rings. The zero-order valence-corrected chi connectivity index (χ0v) is 12.5. The van der Waals surface area contributed by atoms with Crippen LogP contribution in [-0.2, 0) is 10.5 Å². The Morgan fingerprint density at radius 1 is 1.45 bits per heavy atom. The van der Waals surface area contributed by atoms with E-state index in [4.69, 9.17) is 9.84 Å². The van der Waals surface area contributed by atoms with Gasteiger partial charge in [0.2, 0.25) is 0 Å². The molecule has 1 aromatic carbocycles. The molecule has 0 radical (unpaired) electrons. The van der Waals surface area contributed by atoms with Crippen LogP contribution in [0, 0.1) is 0 Å². The molecule has 1 aliphatic carbocycles. The zero-order chi connectivity index (χ0) is 14.4. The molecule has 108 valence electrons. The van der Waals surface area contributed by atoms with Crippen molar-refractivity contribution in [1.82, 2.24) is 0 Å². The number of methoxy groups -OCH3 is 1. The van der Waals surface area contributed by atoms with Crippen LogP contribution in [0.3, 0.4) is 0 Å². The summed E-state index contributed by atoms with van der Waals surface area (Å²) in [6.07, 6.45) is 8.09. The topological polar surface area (TPSA) is 46.5 Å². The Labute approximate surface area is 124 Å². The van der Waals surface area contributed by atoms with Gasteiger partial charge in [0, 0.05) is 22.6 Å². The summed E-state index contributed by atoms with van der Waals surface area (Å²) in [5, 5.41) is 9.51. The third-order valence-electron chi connectivity index (χ3n) is 3.49. The van der Waals surface area contributed by atoms with Gasteiger partial charge in [0.25, 0.3) is 0 Å². The fourth-order valence-electron chi connectivity index (χ4n) is 2.43. The van der Waals surface area contributed by atoms with E-state index in [1.165, 1.54) is 31.2 Å². The van der Waals surface area contributed by atoms with Gasteiger partial charge in [-0.1, -0.05) is 18.9 Å². The monoisotopic (exact) mass is 292 g/mol. The predicted molar refractivity (Wildman–Crippen MR) is 83.2 cm³/mol. The first-order valence-corrected chi connectivity index (χ1v) is 7.93. The number of thioether (sulfide) groups is 1. The third-order valence-corrected chi connectivity index (χ3v) is 4.93. The highest BCUT2D eigenvalue weighted by Gasteiger charge is 2.15. The molecule has 4 heteroatoms. The van der Waals surface area contributed by atoms with Crippen LogP contribution in [0.1, 0.15) is 36.8 Å². The van der Waals surface area contributed by atoms with Gasteiger partial charge >= 0.3 is 5.97 Å². The third kappa shape index (κ3) is 4.30. The molecule has 20 heavy (non-hydrogen) atoms. The molecule has 0 heterocycles. The number of carboxylic acids is 1. The highest BCUT2D eigenvalue weighted by molar-refractivity contribution is 7.99. The minimum Gasteiger partial charge on any atom is -0.496 e. The van der Waals surface area contributed by atoms with Crippen molar-refractivity contribution in [3.05, 3.63) is 35.4 Å². The zero-order valence-electron chi connectivity index (χ0n) is 11.7. The second-order valence-electron chi connectivity index (χ2n) is 4.97. The molecule has 0 spiro atoms. The van der Waals surface area contributed by atoms with Crippen molar-refractivity contribution < 1.29 is 14.6 Å². The molecule has 0 saturated heterocycles. The maximum Gasteiger partial charge on any atom is 0.328 e. The van der Waals surface area contributed by atoms with Gasteiger partial charge in [-0.15, -0.1) is 0 Å². The van der Waals surface area contributed by atoms with E-state index < -0.39 is 5.97 Å². The molecule has 1 fully saturated rings. The first-order chi connectivity index (χ1) is 9.69. The minimum absolute atomic E-state index is 0.706. The van der Waals surface area contributed by atoms with Gasteiger partial charge in [0.05, 0.1) is 7.11 Å². The van der Waals surface area contributed by atoms with Gasteiger partial charge in [-0.25, -0.2) is 4.79 Å². The lowest BCUT2D eigenvalue weighted by molar-refractivity contribution is -0.131. The number of aliphatic carboxylic acids is 1. The average molecular weight is 292 g/mol. The van der Waals surface area contributed by atoms with Gasteiger partial charge in [0.1, 0.15) is 5.75 Å². The van der Waals surface area contributed by atoms with Crippen molar-refractivity contribution in [2.75, 3.05) is 7.11 Å². The number of hydrogen-bond acceptors (Lipinski definition) is 3. The van der Waals surface area contributed by atoms with Crippen LogP contribution in [0.4, 0.5) is 0 Å². The van der Waals surface area contributed by atoms with Crippen LogP contribution >= 0.6 is 11.8 Å². The molecule has 0 unspecified atom stereocenters. The molecule has 1 saturated carbocycles. The molecular formula is C16H20O3S. The summed E-state index contributed by atoms with van der Waals surface area (Å²) in [5.74, 6) is 0.734. The van der Waals surface area contributed by atoms with Gasteiger partial charge in [-0.2, -0.15) is 11.8 Å². The molecular weight excluding hydrogens is 272 g/mol. The highest BCUT2D eigenvalue weighted by atomic mass is 32.2. The quantitative estimate of drug-likeness (QED) is 0.806. The summed E-state index contributed by atoms with van der Waals surface area (Å²) >= 11 is 2.00. The first kappa shape index (κ1) is 15.0. The Hall–Kier alpha value is -1.42. The van der Waals surface area contributed by atoms with E-state index >= 15 is 0 Å². The Balaban J connectivity index is 2.05. The number of carboxylic acid groups (broad SMARTS) is 1. The minimum atomic E-state index is -0.946. The van der Waals surface area contributed by atoms with Crippen molar-refractivity contribution in [1.29, 1.82) is 0 Å². The lowest BCUT2D eigenvalue weighted by Crippen LogP contribution is -1.96. The van der Waals surface area contributed by atoms with Crippen molar-refractivity contribution >= 4 is 23.8 Å². The Morgan fingerprint density at radius 2 is 2.20 bits per heavy atom. The van der Waals surface area contributed by atoms with E-state index in [-0.39, 0.29) is 0 Å². The largest absolute Gasteiger partial charge is 0.496 e. The predicted octanol–water partition coefficient (Wildman–Crippen LogP) is 3.97. The molecule has 2 rings (SSSR count). The molecule has 0 atom stereocenters. The summed E-state index contributed by atoms with van der Waals surface area (Å²) in [7, 11) is 1.60. The summed E-state index contributed by atoms with van der Waals surface area (Å²) in [5.41, 5.74) is 2.03. The maximum atomic E-state index is 10.6. The fourth-order valence-corrected chi connectivity index (χ4v) is 3.71. The van der Waals surface area contributed by atoms with E-state index in [2.05, 4.69) is 6.07 Å². The molecule has 1 aromatic rings. The molecule has 0 amide bonds. The number of carbonyl (C=O) groups is 1. The molecule has 0 bridgehead atoms. The van der Waals surface area contributed by atoms with E-state index in [0.29, 0.717) is 5.75 Å². The number of rotatable bonds is 6. The second-order valence-corrected chi connectivity index (χ2v) is 6.25. The maximum absolute atomic E-state index is 10.6. The summed E-state index contributed by atoms with van der Waals surface area (Å²) < 4.78 is 5.26. The lowest BCUT2D eigenvalue weighted by Gasteiger charge is -2.11. The van der Waals surface area contributed by atoms with Crippen LogP contribution in [0.5, 0.6) is 5.75 Å². The van der Waals surface area contributed by atoms with Crippen LogP contribution in [0.15, 0.2) is 24.3 Å². The summed E-state index contributed by atoms with van der Waals surface area (Å²) in [4.78, 5) is 10.6.